The van der Waals surface area contributed by atoms with Crippen molar-refractivity contribution in [1.29, 1.82) is 0 Å². The number of nitrogens with zero attached hydrogens (tertiary/aromatic N) is 3. The van der Waals surface area contributed by atoms with E-state index in [1.165, 1.54) is 0 Å². The summed E-state index contributed by atoms with van der Waals surface area (Å²) in [6, 6.07) is 19.8. The monoisotopic (exact) mass is 394 g/mol. The SMILES string of the molecule is CC1=Nn2c(nc(-c3ccccc3)c2-c2ccccc2)NC(=O)[C@H]1Br. The van der Waals surface area contributed by atoms with Gasteiger partial charge in [-0.2, -0.15) is 9.78 Å². The summed E-state index contributed by atoms with van der Waals surface area (Å²) in [4.78, 5) is 16.5. The Morgan fingerprint density at radius 2 is 1.60 bits per heavy atom. The van der Waals surface area contributed by atoms with Crippen molar-refractivity contribution in [2.75, 3.05) is 5.32 Å². The molecule has 1 amide bonds. The third-order valence-corrected chi connectivity index (χ3v) is 5.12. The highest BCUT2D eigenvalue weighted by Crippen LogP contribution is 2.35. The van der Waals surface area contributed by atoms with Crippen LogP contribution in [0.5, 0.6) is 0 Å². The number of amides is 1. The maximum absolute atomic E-state index is 12.3. The molecule has 0 unspecified atom stereocenters. The van der Waals surface area contributed by atoms with Crippen LogP contribution < -0.4 is 5.32 Å². The van der Waals surface area contributed by atoms with E-state index in [-0.39, 0.29) is 5.91 Å². The number of hydrogen-bond acceptors (Lipinski definition) is 3. The summed E-state index contributed by atoms with van der Waals surface area (Å²) in [6.45, 7) is 1.82. The van der Waals surface area contributed by atoms with E-state index in [4.69, 9.17) is 0 Å². The average molecular weight is 395 g/mol. The first-order chi connectivity index (χ1) is 12.1. The van der Waals surface area contributed by atoms with Crippen molar-refractivity contribution >= 4 is 33.5 Å². The molecule has 0 fully saturated rings. The van der Waals surface area contributed by atoms with Crippen molar-refractivity contribution in [3.63, 3.8) is 0 Å². The van der Waals surface area contributed by atoms with Gasteiger partial charge < -0.3 is 0 Å². The number of nitrogens with one attached hydrogen (secondary N) is 1. The predicted octanol–water partition coefficient (Wildman–Crippen LogP) is 4.16. The minimum absolute atomic E-state index is 0.177. The molecule has 5 nitrogen and oxygen atoms in total. The van der Waals surface area contributed by atoms with Crippen LogP contribution in [0.15, 0.2) is 65.8 Å². The molecule has 1 aromatic heterocycles. The Balaban J connectivity index is 2.02. The highest BCUT2D eigenvalue weighted by molar-refractivity contribution is 9.10. The molecule has 1 atom stereocenters. The maximum atomic E-state index is 12.3. The van der Waals surface area contributed by atoms with Crippen molar-refractivity contribution in [3.05, 3.63) is 60.7 Å². The molecule has 6 heteroatoms. The van der Waals surface area contributed by atoms with E-state index in [1.807, 2.05) is 67.6 Å². The number of rotatable bonds is 2. The molecular formula is C19H15BrN4O. The van der Waals surface area contributed by atoms with Gasteiger partial charge in [-0.1, -0.05) is 76.6 Å². The number of imidazole rings is 1. The van der Waals surface area contributed by atoms with Crippen LogP contribution >= 0.6 is 15.9 Å². The molecule has 0 aliphatic carbocycles. The van der Waals surface area contributed by atoms with E-state index in [0.29, 0.717) is 11.7 Å². The van der Waals surface area contributed by atoms with E-state index in [9.17, 15) is 4.79 Å². The minimum atomic E-state index is -0.474. The maximum Gasteiger partial charge on any atom is 0.246 e. The normalized spacial score (nSPS) is 16.6. The molecule has 3 aromatic rings. The fourth-order valence-electron chi connectivity index (χ4n) is 2.81. The van der Waals surface area contributed by atoms with Gasteiger partial charge in [0.15, 0.2) is 0 Å². The molecule has 0 saturated carbocycles. The number of aromatic nitrogens is 2. The summed E-state index contributed by atoms with van der Waals surface area (Å²) in [7, 11) is 0. The van der Waals surface area contributed by atoms with E-state index >= 15 is 0 Å². The number of carbonyl (C=O) groups excluding carboxylic acids is 1. The smallest absolute Gasteiger partial charge is 0.246 e. The first-order valence-electron chi connectivity index (χ1n) is 7.89. The topological polar surface area (TPSA) is 59.3 Å². The molecule has 1 aliphatic rings. The van der Waals surface area contributed by atoms with Crippen LogP contribution in [-0.2, 0) is 4.79 Å². The first kappa shape index (κ1) is 15.8. The fourth-order valence-corrected chi connectivity index (χ4v) is 3.02. The lowest BCUT2D eigenvalue weighted by Crippen LogP contribution is -2.27. The second-order valence-electron chi connectivity index (χ2n) is 5.77. The van der Waals surface area contributed by atoms with Gasteiger partial charge in [-0.25, -0.2) is 4.98 Å². The largest absolute Gasteiger partial charge is 0.293 e. The zero-order chi connectivity index (χ0) is 17.4. The lowest BCUT2D eigenvalue weighted by atomic mass is 10.1. The molecular weight excluding hydrogens is 380 g/mol. The number of carbonyl (C=O) groups is 1. The average Bonchev–Trinajstić information content (AvgIpc) is 2.95. The Bertz CT molecular complexity index is 964. The van der Waals surface area contributed by atoms with Crippen molar-refractivity contribution in [2.24, 2.45) is 5.10 Å². The molecule has 124 valence electrons. The third-order valence-electron chi connectivity index (χ3n) is 4.04. The third kappa shape index (κ3) is 2.78. The number of fused-ring (bicyclic) bond motifs is 1. The number of hydrogen-bond donors (Lipinski definition) is 1. The number of alkyl halides is 1. The van der Waals surface area contributed by atoms with Crippen molar-refractivity contribution in [2.45, 2.75) is 11.8 Å². The Kier molecular flexibility index (Phi) is 3.97. The molecule has 0 spiro atoms. The number of anilines is 1. The van der Waals surface area contributed by atoms with E-state index in [2.05, 4.69) is 31.3 Å². The summed E-state index contributed by atoms with van der Waals surface area (Å²) in [5.74, 6) is 0.244. The van der Waals surface area contributed by atoms with Gasteiger partial charge in [0.25, 0.3) is 0 Å². The van der Waals surface area contributed by atoms with Crippen LogP contribution in [0.4, 0.5) is 5.95 Å². The zero-order valence-corrected chi connectivity index (χ0v) is 15.1. The van der Waals surface area contributed by atoms with E-state index in [0.717, 1.165) is 22.5 Å². The van der Waals surface area contributed by atoms with Gasteiger partial charge in [-0.05, 0) is 6.92 Å². The molecule has 1 N–H and O–H groups in total. The first-order valence-corrected chi connectivity index (χ1v) is 8.80. The minimum Gasteiger partial charge on any atom is -0.293 e. The van der Waals surface area contributed by atoms with Gasteiger partial charge in [0.05, 0.1) is 5.71 Å². The summed E-state index contributed by atoms with van der Waals surface area (Å²) in [5, 5.41) is 7.49. The Labute approximate surface area is 153 Å². The van der Waals surface area contributed by atoms with E-state index in [1.54, 1.807) is 4.68 Å². The van der Waals surface area contributed by atoms with Crippen LogP contribution in [0.3, 0.4) is 0 Å². The molecule has 2 heterocycles. The second kappa shape index (κ2) is 6.29. The van der Waals surface area contributed by atoms with Gasteiger partial charge in [-0.3, -0.25) is 10.1 Å². The molecule has 4 rings (SSSR count). The van der Waals surface area contributed by atoms with Gasteiger partial charge >= 0.3 is 0 Å². The van der Waals surface area contributed by atoms with Gasteiger partial charge in [0, 0.05) is 11.1 Å². The molecule has 2 aromatic carbocycles. The van der Waals surface area contributed by atoms with Gasteiger partial charge in [0.2, 0.25) is 11.9 Å². The molecule has 25 heavy (non-hydrogen) atoms. The second-order valence-corrected chi connectivity index (χ2v) is 6.69. The van der Waals surface area contributed by atoms with Crippen molar-refractivity contribution < 1.29 is 4.79 Å². The lowest BCUT2D eigenvalue weighted by Gasteiger charge is -2.07. The van der Waals surface area contributed by atoms with Crippen LogP contribution in [0.2, 0.25) is 0 Å². The zero-order valence-electron chi connectivity index (χ0n) is 13.5. The highest BCUT2D eigenvalue weighted by Gasteiger charge is 2.28. The summed E-state index contributed by atoms with van der Waals surface area (Å²) >= 11 is 3.37. The van der Waals surface area contributed by atoms with Crippen LogP contribution in [-0.4, -0.2) is 26.1 Å². The Morgan fingerprint density at radius 3 is 2.24 bits per heavy atom. The van der Waals surface area contributed by atoms with Gasteiger partial charge in [-0.15, -0.1) is 0 Å². The van der Waals surface area contributed by atoms with Crippen LogP contribution in [0.1, 0.15) is 6.92 Å². The fraction of sp³-hybridized carbons (Fsp3) is 0.105. The molecule has 1 aliphatic heterocycles. The summed E-state index contributed by atoms with van der Waals surface area (Å²) < 4.78 is 1.71. The molecule has 0 saturated heterocycles. The number of halogens is 1. The van der Waals surface area contributed by atoms with Gasteiger partial charge in [0.1, 0.15) is 16.2 Å². The van der Waals surface area contributed by atoms with E-state index < -0.39 is 4.83 Å². The van der Waals surface area contributed by atoms with Crippen molar-refractivity contribution in [3.8, 4) is 22.5 Å². The summed E-state index contributed by atoms with van der Waals surface area (Å²) in [6.07, 6.45) is 0. The number of benzene rings is 2. The Hall–Kier alpha value is -2.73. The predicted molar refractivity (Wildman–Crippen MR) is 103 cm³/mol. The Morgan fingerprint density at radius 1 is 1.00 bits per heavy atom. The standard InChI is InChI=1S/C19H15BrN4O/c1-12-15(20)18(25)22-19-21-16(13-8-4-2-5-9-13)17(24(19)23-12)14-10-6-3-7-11-14/h2-11,15H,1H3,(H,21,22,25)/t15-/m0/s1. The van der Waals surface area contributed by atoms with Crippen LogP contribution in [0, 0.1) is 0 Å². The highest BCUT2D eigenvalue weighted by atomic mass is 79.9. The quantitative estimate of drug-likeness (QED) is 0.663. The van der Waals surface area contributed by atoms with Crippen molar-refractivity contribution in [1.82, 2.24) is 9.66 Å². The lowest BCUT2D eigenvalue weighted by molar-refractivity contribution is -0.114. The van der Waals surface area contributed by atoms with Crippen LogP contribution in [0.25, 0.3) is 22.5 Å². The summed E-state index contributed by atoms with van der Waals surface area (Å²) in [5.41, 5.74) is 4.26. The molecule has 0 radical (unpaired) electrons. The molecule has 0 bridgehead atoms.